The largest absolute Gasteiger partial charge is 0.469 e. The fourth-order valence-corrected chi connectivity index (χ4v) is 3.96. The maximum Gasteiger partial charge on any atom is 0.432 e. The minimum Gasteiger partial charge on any atom is -0.469 e. The number of halogens is 3. The molecule has 1 N–H and O–H groups in total. The van der Waals surface area contributed by atoms with Crippen molar-refractivity contribution >= 4 is 11.9 Å². The molecule has 1 saturated heterocycles. The van der Waals surface area contributed by atoms with Gasteiger partial charge in [0.05, 0.1) is 37.9 Å². The van der Waals surface area contributed by atoms with Crippen LogP contribution in [0.1, 0.15) is 51.0 Å². The maximum absolute atomic E-state index is 13.9. The number of hydrogen-bond acceptors (Lipinski definition) is 7. The van der Waals surface area contributed by atoms with Gasteiger partial charge in [-0.3, -0.25) is 4.79 Å². The molecule has 0 unspecified atom stereocenters. The molecule has 0 saturated carbocycles. The third kappa shape index (κ3) is 7.52. The normalized spacial score (nSPS) is 23.5. The molecule has 10 heteroatoms. The summed E-state index contributed by atoms with van der Waals surface area (Å²) < 4.78 is 62.1. The van der Waals surface area contributed by atoms with Crippen molar-refractivity contribution in [1.29, 1.82) is 0 Å². The van der Waals surface area contributed by atoms with Gasteiger partial charge in [-0.2, -0.15) is 13.2 Å². The fraction of sp³-hybridized carbons (Fsp3) is 0.600. The first-order valence-corrected chi connectivity index (χ1v) is 11.5. The second-order valence-corrected chi connectivity index (χ2v) is 8.46. The van der Waals surface area contributed by atoms with Crippen LogP contribution in [0.25, 0.3) is 0 Å². The zero-order valence-corrected chi connectivity index (χ0v) is 20.1. The van der Waals surface area contributed by atoms with Gasteiger partial charge in [0.1, 0.15) is 0 Å². The predicted octanol–water partition coefficient (Wildman–Crippen LogP) is 4.22. The van der Waals surface area contributed by atoms with Crippen molar-refractivity contribution in [1.82, 2.24) is 0 Å². The Labute approximate surface area is 203 Å². The average Bonchev–Trinajstić information content (AvgIpc) is 2.81. The summed E-state index contributed by atoms with van der Waals surface area (Å²) in [4.78, 5) is 24.1. The van der Waals surface area contributed by atoms with Gasteiger partial charge in [0.15, 0.2) is 0 Å². The van der Waals surface area contributed by atoms with Crippen LogP contribution in [0.5, 0.6) is 0 Å². The Morgan fingerprint density at radius 2 is 1.89 bits per heavy atom. The van der Waals surface area contributed by atoms with E-state index in [2.05, 4.69) is 4.74 Å². The number of carbonyl (C=O) groups is 2. The molecule has 0 bridgehead atoms. The SMILES string of the molecule is COC(=O)C[C@@H]1O[C@@H](/C=C/CCC[C@H](C)OC(=O)[C@](OC)(c2ccccc2)C(F)(F)F)CC[C@@H]1O. The molecule has 1 aromatic carbocycles. The third-order valence-corrected chi connectivity index (χ3v) is 5.93. The highest BCUT2D eigenvalue weighted by Crippen LogP contribution is 2.43. The van der Waals surface area contributed by atoms with E-state index in [1.54, 1.807) is 6.07 Å². The van der Waals surface area contributed by atoms with Gasteiger partial charge in [0.2, 0.25) is 0 Å². The molecule has 0 radical (unpaired) electrons. The Hall–Kier alpha value is -2.43. The summed E-state index contributed by atoms with van der Waals surface area (Å²) in [7, 11) is 2.10. The second-order valence-electron chi connectivity index (χ2n) is 8.46. The Bertz CT molecular complexity index is 843. The van der Waals surface area contributed by atoms with E-state index >= 15 is 0 Å². The molecule has 35 heavy (non-hydrogen) atoms. The number of ether oxygens (including phenoxy) is 4. The number of allylic oxidation sites excluding steroid dienone is 1. The van der Waals surface area contributed by atoms with Gasteiger partial charge in [0, 0.05) is 12.7 Å². The number of alkyl halides is 3. The van der Waals surface area contributed by atoms with Gasteiger partial charge in [-0.05, 0) is 39.0 Å². The Balaban J connectivity index is 1.87. The van der Waals surface area contributed by atoms with Crippen molar-refractivity contribution in [2.45, 2.75) is 81.6 Å². The molecule has 2 rings (SSSR count). The number of carbonyl (C=O) groups excluding carboxylic acids is 2. The summed E-state index contributed by atoms with van der Waals surface area (Å²) >= 11 is 0. The predicted molar refractivity (Wildman–Crippen MR) is 120 cm³/mol. The lowest BCUT2D eigenvalue weighted by Crippen LogP contribution is -2.52. The Morgan fingerprint density at radius 1 is 1.20 bits per heavy atom. The Morgan fingerprint density at radius 3 is 2.49 bits per heavy atom. The van der Waals surface area contributed by atoms with Crippen molar-refractivity contribution in [2.75, 3.05) is 14.2 Å². The topological polar surface area (TPSA) is 91.3 Å². The molecule has 0 amide bonds. The quantitative estimate of drug-likeness (QED) is 0.275. The van der Waals surface area contributed by atoms with Crippen LogP contribution in [0, 0.1) is 0 Å². The molecule has 1 aliphatic heterocycles. The lowest BCUT2D eigenvalue weighted by atomic mass is 9.92. The molecular weight excluding hydrogens is 469 g/mol. The van der Waals surface area contributed by atoms with Gasteiger partial charge in [0.25, 0.3) is 5.60 Å². The van der Waals surface area contributed by atoms with Crippen LogP contribution in [0.4, 0.5) is 13.2 Å². The van der Waals surface area contributed by atoms with Gasteiger partial charge in [-0.1, -0.05) is 42.5 Å². The molecule has 1 aromatic rings. The fourth-order valence-electron chi connectivity index (χ4n) is 3.96. The van der Waals surface area contributed by atoms with E-state index in [1.807, 2.05) is 12.2 Å². The maximum atomic E-state index is 13.9. The van der Waals surface area contributed by atoms with Gasteiger partial charge < -0.3 is 24.1 Å². The van der Waals surface area contributed by atoms with Crippen LogP contribution in [0.2, 0.25) is 0 Å². The van der Waals surface area contributed by atoms with Crippen molar-refractivity contribution in [3.8, 4) is 0 Å². The smallest absolute Gasteiger partial charge is 0.432 e. The summed E-state index contributed by atoms with van der Waals surface area (Å²) in [6, 6.07) is 6.69. The standard InChI is InChI=1S/C25H33F3O7/c1-17(34-23(31)24(33-3,25(26,27)28)18-11-7-5-8-12-18)10-6-4-9-13-19-14-15-20(29)21(35-19)16-22(30)32-2/h5,7-9,11-13,17,19-21,29H,4,6,10,14-16H2,1-3H3/b13-9+/t17-,19-,20-,21-,24+/m0/s1. The Kier molecular flexibility index (Phi) is 10.7. The number of esters is 2. The number of unbranched alkanes of at least 4 members (excludes halogenated alkanes) is 1. The summed E-state index contributed by atoms with van der Waals surface area (Å²) in [6.45, 7) is 1.53. The van der Waals surface area contributed by atoms with Crippen molar-refractivity contribution < 1.29 is 46.8 Å². The lowest BCUT2D eigenvalue weighted by molar-refractivity contribution is -0.278. The minimum absolute atomic E-state index is 0.0330. The van der Waals surface area contributed by atoms with Gasteiger partial charge >= 0.3 is 18.1 Å². The molecular formula is C25H33F3O7. The number of aliphatic hydroxyl groups is 1. The molecule has 0 spiro atoms. The molecule has 7 nitrogen and oxygen atoms in total. The number of rotatable bonds is 11. The molecule has 1 heterocycles. The monoisotopic (exact) mass is 502 g/mol. The molecule has 1 fully saturated rings. The van der Waals surface area contributed by atoms with Gasteiger partial charge in [-0.25, -0.2) is 4.79 Å². The highest BCUT2D eigenvalue weighted by atomic mass is 19.4. The highest BCUT2D eigenvalue weighted by Gasteiger charge is 2.64. The van der Waals surface area contributed by atoms with Crippen LogP contribution in [0.15, 0.2) is 42.5 Å². The average molecular weight is 503 g/mol. The van der Waals surface area contributed by atoms with Crippen LogP contribution in [-0.2, 0) is 34.1 Å². The van der Waals surface area contributed by atoms with Crippen LogP contribution in [0.3, 0.4) is 0 Å². The summed E-state index contributed by atoms with van der Waals surface area (Å²) in [6.07, 6.45) is -1.16. The number of methoxy groups -OCH3 is 2. The molecule has 0 aliphatic carbocycles. The first-order chi connectivity index (χ1) is 16.5. The second kappa shape index (κ2) is 13.0. The molecule has 196 valence electrons. The van der Waals surface area contributed by atoms with Crippen molar-refractivity contribution in [3.05, 3.63) is 48.0 Å². The van der Waals surface area contributed by atoms with Gasteiger partial charge in [-0.15, -0.1) is 0 Å². The van der Waals surface area contributed by atoms with E-state index in [0.29, 0.717) is 32.1 Å². The van der Waals surface area contributed by atoms with Crippen LogP contribution >= 0.6 is 0 Å². The minimum atomic E-state index is -5.01. The van der Waals surface area contributed by atoms with E-state index in [-0.39, 0.29) is 18.1 Å². The van der Waals surface area contributed by atoms with E-state index in [9.17, 15) is 27.9 Å². The molecule has 1 aliphatic rings. The first kappa shape index (κ1) is 28.8. The van der Waals surface area contributed by atoms with E-state index in [1.165, 1.54) is 38.3 Å². The number of hydrogen-bond donors (Lipinski definition) is 1. The van der Waals surface area contributed by atoms with E-state index in [4.69, 9.17) is 14.2 Å². The third-order valence-electron chi connectivity index (χ3n) is 5.93. The van der Waals surface area contributed by atoms with Crippen molar-refractivity contribution in [2.24, 2.45) is 0 Å². The first-order valence-electron chi connectivity index (χ1n) is 11.5. The van der Waals surface area contributed by atoms with E-state index in [0.717, 1.165) is 7.11 Å². The number of aliphatic hydroxyl groups excluding tert-OH is 1. The highest BCUT2D eigenvalue weighted by molar-refractivity contribution is 5.82. The van der Waals surface area contributed by atoms with Crippen LogP contribution in [-0.4, -0.2) is 61.9 Å². The van der Waals surface area contributed by atoms with E-state index < -0.39 is 42.0 Å². The molecule has 5 atom stereocenters. The summed E-state index contributed by atoms with van der Waals surface area (Å²) in [5, 5.41) is 9.99. The summed E-state index contributed by atoms with van der Waals surface area (Å²) in [5.74, 6) is -1.97. The van der Waals surface area contributed by atoms with Crippen molar-refractivity contribution in [3.63, 3.8) is 0 Å². The zero-order chi connectivity index (χ0) is 26.1. The number of benzene rings is 1. The lowest BCUT2D eigenvalue weighted by Gasteiger charge is -2.33. The molecule has 0 aromatic heterocycles. The summed E-state index contributed by atoms with van der Waals surface area (Å²) in [5.41, 5.74) is -3.55. The van der Waals surface area contributed by atoms with Crippen LogP contribution < -0.4 is 0 Å². The zero-order valence-electron chi connectivity index (χ0n) is 20.1.